The Balaban J connectivity index is 2.83. The second-order valence-corrected chi connectivity index (χ2v) is 4.71. The standard InChI is InChI=1S/C15H23NO3/c1-5-10-19-13-8-6-12(7-9-13)15(2,16-3)11-14(17)18-4/h6-9,16H,5,10-11H2,1-4H3. The Labute approximate surface area is 115 Å². The lowest BCUT2D eigenvalue weighted by atomic mass is 9.89. The number of ether oxygens (including phenoxy) is 2. The van der Waals surface area contributed by atoms with Crippen molar-refractivity contribution < 1.29 is 14.3 Å². The Morgan fingerprint density at radius 3 is 2.42 bits per heavy atom. The van der Waals surface area contributed by atoms with Gasteiger partial charge in [0.25, 0.3) is 0 Å². The fraction of sp³-hybridized carbons (Fsp3) is 0.533. The van der Waals surface area contributed by atoms with Crippen LogP contribution in [0.25, 0.3) is 0 Å². The predicted molar refractivity (Wildman–Crippen MR) is 75.3 cm³/mol. The van der Waals surface area contributed by atoms with Crippen LogP contribution in [0.2, 0.25) is 0 Å². The zero-order valence-corrected chi connectivity index (χ0v) is 12.2. The average Bonchev–Trinajstić information content (AvgIpc) is 2.45. The molecule has 0 amide bonds. The highest BCUT2D eigenvalue weighted by atomic mass is 16.5. The van der Waals surface area contributed by atoms with Crippen molar-refractivity contribution in [3.8, 4) is 5.75 Å². The van der Waals surface area contributed by atoms with Gasteiger partial charge in [-0.05, 0) is 38.1 Å². The molecule has 1 rings (SSSR count). The monoisotopic (exact) mass is 265 g/mol. The third-order valence-electron chi connectivity index (χ3n) is 3.24. The van der Waals surface area contributed by atoms with Crippen LogP contribution < -0.4 is 10.1 Å². The molecule has 0 aliphatic rings. The number of benzene rings is 1. The molecule has 4 nitrogen and oxygen atoms in total. The van der Waals surface area contributed by atoms with Crippen molar-refractivity contribution in [3.63, 3.8) is 0 Å². The van der Waals surface area contributed by atoms with Crippen LogP contribution in [-0.4, -0.2) is 26.7 Å². The summed E-state index contributed by atoms with van der Waals surface area (Å²) in [4.78, 5) is 11.5. The summed E-state index contributed by atoms with van der Waals surface area (Å²) in [5.74, 6) is 0.616. The maximum Gasteiger partial charge on any atom is 0.307 e. The Hall–Kier alpha value is -1.55. The van der Waals surface area contributed by atoms with Gasteiger partial charge in [0, 0.05) is 0 Å². The van der Waals surface area contributed by atoms with Crippen molar-refractivity contribution in [2.24, 2.45) is 0 Å². The first kappa shape index (κ1) is 15.5. The molecule has 0 aliphatic carbocycles. The molecule has 1 aromatic carbocycles. The quantitative estimate of drug-likeness (QED) is 0.769. The van der Waals surface area contributed by atoms with Gasteiger partial charge in [-0.1, -0.05) is 19.1 Å². The van der Waals surface area contributed by atoms with Gasteiger partial charge in [-0.3, -0.25) is 4.79 Å². The minimum absolute atomic E-state index is 0.233. The van der Waals surface area contributed by atoms with Crippen LogP contribution in [0.5, 0.6) is 5.75 Å². The molecule has 1 aromatic rings. The number of nitrogens with one attached hydrogen (secondary N) is 1. The molecule has 1 atom stereocenters. The number of methoxy groups -OCH3 is 1. The maximum atomic E-state index is 11.5. The fourth-order valence-electron chi connectivity index (χ4n) is 1.83. The molecule has 1 N–H and O–H groups in total. The highest BCUT2D eigenvalue weighted by Gasteiger charge is 2.28. The minimum Gasteiger partial charge on any atom is -0.494 e. The van der Waals surface area contributed by atoms with E-state index in [2.05, 4.69) is 12.2 Å². The van der Waals surface area contributed by atoms with E-state index in [0.29, 0.717) is 6.61 Å². The average molecular weight is 265 g/mol. The molecule has 0 saturated heterocycles. The summed E-state index contributed by atoms with van der Waals surface area (Å²) >= 11 is 0. The first-order valence-electron chi connectivity index (χ1n) is 6.54. The molecule has 0 saturated carbocycles. The summed E-state index contributed by atoms with van der Waals surface area (Å²) in [7, 11) is 3.24. The van der Waals surface area contributed by atoms with Crippen molar-refractivity contribution in [2.75, 3.05) is 20.8 Å². The van der Waals surface area contributed by atoms with E-state index in [0.717, 1.165) is 17.7 Å². The van der Waals surface area contributed by atoms with Gasteiger partial charge in [-0.2, -0.15) is 0 Å². The van der Waals surface area contributed by atoms with E-state index in [1.165, 1.54) is 7.11 Å². The first-order chi connectivity index (χ1) is 9.05. The molecular formula is C15H23NO3. The lowest BCUT2D eigenvalue weighted by Crippen LogP contribution is -2.39. The molecule has 0 fully saturated rings. The number of rotatable bonds is 7. The van der Waals surface area contributed by atoms with Gasteiger partial charge in [-0.25, -0.2) is 0 Å². The Kier molecular flexibility index (Phi) is 5.83. The minimum atomic E-state index is -0.434. The van der Waals surface area contributed by atoms with E-state index in [4.69, 9.17) is 9.47 Å². The van der Waals surface area contributed by atoms with Gasteiger partial charge in [0.2, 0.25) is 0 Å². The summed E-state index contributed by atoms with van der Waals surface area (Å²) in [6, 6.07) is 7.81. The van der Waals surface area contributed by atoms with Crippen LogP contribution in [-0.2, 0) is 15.1 Å². The van der Waals surface area contributed by atoms with Crippen molar-refractivity contribution >= 4 is 5.97 Å². The zero-order chi connectivity index (χ0) is 14.3. The van der Waals surface area contributed by atoms with Gasteiger partial charge in [0.05, 0.1) is 25.7 Å². The third-order valence-corrected chi connectivity index (χ3v) is 3.24. The van der Waals surface area contributed by atoms with E-state index >= 15 is 0 Å². The molecule has 0 aliphatic heterocycles. The molecule has 1 unspecified atom stereocenters. The molecule has 106 valence electrons. The smallest absolute Gasteiger partial charge is 0.307 e. The maximum absolute atomic E-state index is 11.5. The fourth-order valence-corrected chi connectivity index (χ4v) is 1.83. The molecule has 0 bridgehead atoms. The number of hydrogen-bond donors (Lipinski definition) is 1. The molecule has 19 heavy (non-hydrogen) atoms. The van der Waals surface area contributed by atoms with E-state index in [9.17, 15) is 4.79 Å². The van der Waals surface area contributed by atoms with Crippen LogP contribution in [0.1, 0.15) is 32.3 Å². The summed E-state index contributed by atoms with van der Waals surface area (Å²) in [6.07, 6.45) is 1.27. The summed E-state index contributed by atoms with van der Waals surface area (Å²) in [5, 5.41) is 3.18. The third kappa shape index (κ3) is 4.24. The summed E-state index contributed by atoms with van der Waals surface area (Å²) in [6.45, 7) is 4.76. The van der Waals surface area contributed by atoms with Gasteiger partial charge >= 0.3 is 5.97 Å². The number of hydrogen-bond acceptors (Lipinski definition) is 4. The van der Waals surface area contributed by atoms with Crippen LogP contribution in [0.15, 0.2) is 24.3 Å². The number of esters is 1. The Morgan fingerprint density at radius 2 is 1.95 bits per heavy atom. The summed E-state index contributed by atoms with van der Waals surface area (Å²) in [5.41, 5.74) is 0.598. The van der Waals surface area contributed by atoms with E-state index in [-0.39, 0.29) is 12.4 Å². The molecule has 0 aromatic heterocycles. The van der Waals surface area contributed by atoms with E-state index in [1.54, 1.807) is 0 Å². The zero-order valence-electron chi connectivity index (χ0n) is 12.2. The van der Waals surface area contributed by atoms with Gasteiger partial charge < -0.3 is 14.8 Å². The van der Waals surface area contributed by atoms with E-state index in [1.807, 2.05) is 38.2 Å². The number of carbonyl (C=O) groups is 1. The molecular weight excluding hydrogens is 242 g/mol. The Bertz CT molecular complexity index is 402. The highest BCUT2D eigenvalue weighted by Crippen LogP contribution is 2.26. The lowest BCUT2D eigenvalue weighted by Gasteiger charge is -2.28. The highest BCUT2D eigenvalue weighted by molar-refractivity contribution is 5.71. The van der Waals surface area contributed by atoms with E-state index < -0.39 is 5.54 Å². The largest absolute Gasteiger partial charge is 0.494 e. The first-order valence-corrected chi connectivity index (χ1v) is 6.54. The van der Waals surface area contributed by atoms with Gasteiger partial charge in [-0.15, -0.1) is 0 Å². The molecule has 4 heteroatoms. The molecule has 0 spiro atoms. The van der Waals surface area contributed by atoms with Gasteiger partial charge in [0.1, 0.15) is 5.75 Å². The van der Waals surface area contributed by atoms with Crippen LogP contribution >= 0.6 is 0 Å². The Morgan fingerprint density at radius 1 is 1.32 bits per heavy atom. The topological polar surface area (TPSA) is 47.6 Å². The second-order valence-electron chi connectivity index (χ2n) is 4.71. The van der Waals surface area contributed by atoms with Crippen molar-refractivity contribution in [1.82, 2.24) is 5.32 Å². The van der Waals surface area contributed by atoms with Crippen molar-refractivity contribution in [1.29, 1.82) is 0 Å². The number of carbonyl (C=O) groups excluding carboxylic acids is 1. The van der Waals surface area contributed by atoms with Crippen LogP contribution in [0.3, 0.4) is 0 Å². The van der Waals surface area contributed by atoms with Crippen molar-refractivity contribution in [3.05, 3.63) is 29.8 Å². The second kappa shape index (κ2) is 7.14. The predicted octanol–water partition coefficient (Wildman–Crippen LogP) is 2.47. The summed E-state index contributed by atoms with van der Waals surface area (Å²) < 4.78 is 10.3. The molecule has 0 radical (unpaired) electrons. The van der Waals surface area contributed by atoms with Crippen molar-refractivity contribution in [2.45, 2.75) is 32.2 Å². The van der Waals surface area contributed by atoms with Crippen LogP contribution in [0, 0.1) is 0 Å². The van der Waals surface area contributed by atoms with Gasteiger partial charge in [0.15, 0.2) is 0 Å². The SMILES string of the molecule is CCCOc1ccc(C(C)(CC(=O)OC)NC)cc1. The lowest BCUT2D eigenvalue weighted by molar-refractivity contribution is -0.142. The normalized spacial score (nSPS) is 13.7. The molecule has 0 heterocycles. The van der Waals surface area contributed by atoms with Crippen LogP contribution in [0.4, 0.5) is 0 Å².